The van der Waals surface area contributed by atoms with Gasteiger partial charge >= 0.3 is 0 Å². The molecule has 0 bridgehead atoms. The lowest BCUT2D eigenvalue weighted by molar-refractivity contribution is 0.375. The van der Waals surface area contributed by atoms with Gasteiger partial charge in [0, 0.05) is 12.7 Å². The zero-order valence-electron chi connectivity index (χ0n) is 11.6. The molecule has 0 amide bonds. The summed E-state index contributed by atoms with van der Waals surface area (Å²) >= 11 is 1.42. The summed E-state index contributed by atoms with van der Waals surface area (Å²) in [6, 6.07) is 4.08. The second kappa shape index (κ2) is 6.21. The van der Waals surface area contributed by atoms with E-state index in [0.717, 1.165) is 28.4 Å². The van der Waals surface area contributed by atoms with E-state index in [1.54, 1.807) is 6.07 Å². The van der Waals surface area contributed by atoms with Crippen LogP contribution >= 0.6 is 11.3 Å². The summed E-state index contributed by atoms with van der Waals surface area (Å²) in [4.78, 5) is 4.88. The summed E-state index contributed by atoms with van der Waals surface area (Å²) in [5, 5.41) is 9.56. The molecular formula is C14H15FNO3S2. The number of nitrogens with zero attached hydrogens (tertiary/aromatic N) is 1. The number of aliphatic hydroxyl groups is 1. The summed E-state index contributed by atoms with van der Waals surface area (Å²) in [7, 11) is -3.57. The number of rotatable bonds is 5. The Morgan fingerprint density at radius 3 is 2.71 bits per heavy atom. The largest absolute Gasteiger partial charge is 0.390 e. The smallest absolute Gasteiger partial charge is 0.178 e. The number of hydrogen-bond donors (Lipinski definition) is 1. The molecule has 1 aromatic carbocycles. The molecule has 1 radical (unpaired) electrons. The van der Waals surface area contributed by atoms with Gasteiger partial charge in [0.15, 0.2) is 9.84 Å². The first kappa shape index (κ1) is 16.1. The van der Waals surface area contributed by atoms with Crippen LogP contribution in [0.3, 0.4) is 0 Å². The summed E-state index contributed by atoms with van der Waals surface area (Å²) in [6.07, 6.45) is 2.10. The minimum atomic E-state index is -3.57. The molecule has 0 fully saturated rings. The van der Waals surface area contributed by atoms with Crippen molar-refractivity contribution in [2.45, 2.75) is 24.7 Å². The van der Waals surface area contributed by atoms with Gasteiger partial charge in [0.1, 0.15) is 10.7 Å². The fraction of sp³-hybridized carbons (Fsp3) is 0.286. The van der Waals surface area contributed by atoms with Crippen LogP contribution in [0.15, 0.2) is 23.1 Å². The average Bonchev–Trinajstić information content (AvgIpc) is 2.76. The molecule has 7 heteroatoms. The number of sulfone groups is 1. The van der Waals surface area contributed by atoms with Crippen LogP contribution in [0.1, 0.15) is 17.1 Å². The number of aryl methyl sites for hydroxylation is 2. The van der Waals surface area contributed by atoms with Gasteiger partial charge in [0.25, 0.3) is 0 Å². The molecule has 4 nitrogen and oxygen atoms in total. The van der Waals surface area contributed by atoms with Gasteiger partial charge in [0.05, 0.1) is 22.2 Å². The number of halogens is 1. The average molecular weight is 328 g/mol. The van der Waals surface area contributed by atoms with Gasteiger partial charge in [-0.3, -0.25) is 0 Å². The van der Waals surface area contributed by atoms with Crippen molar-refractivity contribution < 1.29 is 17.9 Å². The van der Waals surface area contributed by atoms with Crippen LogP contribution in [-0.4, -0.2) is 24.8 Å². The van der Waals surface area contributed by atoms with E-state index in [9.17, 15) is 12.8 Å². The van der Waals surface area contributed by atoms with Crippen LogP contribution in [0.4, 0.5) is 4.39 Å². The van der Waals surface area contributed by atoms with Gasteiger partial charge in [-0.25, -0.2) is 17.8 Å². The first-order chi connectivity index (χ1) is 9.82. The van der Waals surface area contributed by atoms with Crippen LogP contribution in [-0.2, 0) is 16.3 Å². The van der Waals surface area contributed by atoms with E-state index in [-0.39, 0.29) is 4.90 Å². The molecule has 0 aliphatic rings. The standard InChI is InChI=1S/C14H15FNO3S2/c1-9-14(20-13(16-9)4-3-7-17)10-5-6-12(11(15)8-10)21(2,18)19/h5-8,17H,3-4H2,1-2H3. The Balaban J connectivity index is 2.39. The normalized spacial score (nSPS) is 11.8. The van der Waals surface area contributed by atoms with Crippen molar-refractivity contribution in [1.29, 1.82) is 0 Å². The van der Waals surface area contributed by atoms with Gasteiger partial charge in [-0.15, -0.1) is 11.3 Å². The number of benzene rings is 1. The summed E-state index contributed by atoms with van der Waals surface area (Å²) in [6.45, 7) is 2.90. The zero-order valence-corrected chi connectivity index (χ0v) is 13.3. The second-order valence-electron chi connectivity index (χ2n) is 4.66. The van der Waals surface area contributed by atoms with E-state index in [4.69, 9.17) is 5.11 Å². The Labute approximate surface area is 127 Å². The monoisotopic (exact) mass is 328 g/mol. The molecule has 2 rings (SSSR count). The molecule has 0 aliphatic carbocycles. The maximum absolute atomic E-state index is 13.9. The lowest BCUT2D eigenvalue weighted by Gasteiger charge is -2.03. The second-order valence-corrected chi connectivity index (χ2v) is 7.73. The first-order valence-electron chi connectivity index (χ1n) is 6.25. The predicted octanol–water partition coefficient (Wildman–Crippen LogP) is 3.13. The molecule has 0 saturated carbocycles. The highest BCUT2D eigenvalue weighted by Crippen LogP contribution is 2.32. The van der Waals surface area contributed by atoms with Crippen molar-refractivity contribution in [3.63, 3.8) is 0 Å². The van der Waals surface area contributed by atoms with Crippen molar-refractivity contribution in [3.05, 3.63) is 41.3 Å². The van der Waals surface area contributed by atoms with Gasteiger partial charge in [-0.1, -0.05) is 6.07 Å². The number of aromatic nitrogens is 1. The van der Waals surface area contributed by atoms with Gasteiger partial charge in [-0.2, -0.15) is 0 Å². The van der Waals surface area contributed by atoms with Crippen LogP contribution < -0.4 is 0 Å². The topological polar surface area (TPSA) is 67.3 Å². The molecule has 2 aromatic rings. The Bertz CT molecular complexity index is 754. The third kappa shape index (κ3) is 3.66. The van der Waals surface area contributed by atoms with Crippen molar-refractivity contribution in [2.75, 3.05) is 6.26 Å². The van der Waals surface area contributed by atoms with Crippen molar-refractivity contribution in [1.82, 2.24) is 4.98 Å². The van der Waals surface area contributed by atoms with Crippen molar-refractivity contribution in [2.24, 2.45) is 0 Å². The Morgan fingerprint density at radius 2 is 2.14 bits per heavy atom. The fourth-order valence-corrected chi connectivity index (χ4v) is 3.76. The highest BCUT2D eigenvalue weighted by Gasteiger charge is 2.16. The predicted molar refractivity (Wildman–Crippen MR) is 79.9 cm³/mol. The van der Waals surface area contributed by atoms with E-state index in [2.05, 4.69) is 4.98 Å². The third-order valence-corrected chi connectivity index (χ3v) is 5.32. The maximum atomic E-state index is 13.9. The van der Waals surface area contributed by atoms with Gasteiger partial charge in [-0.05, 0) is 31.0 Å². The minimum absolute atomic E-state index is 0.302. The SMILES string of the molecule is Cc1nc(CC[CH]O)sc1-c1ccc(S(C)(=O)=O)c(F)c1. The van der Waals surface area contributed by atoms with Crippen LogP contribution in [0.25, 0.3) is 10.4 Å². The fourth-order valence-electron chi connectivity index (χ4n) is 1.96. The molecule has 113 valence electrons. The van der Waals surface area contributed by atoms with Gasteiger partial charge in [0.2, 0.25) is 0 Å². The molecule has 1 aromatic heterocycles. The molecule has 0 atom stereocenters. The molecule has 1 heterocycles. The van der Waals surface area contributed by atoms with E-state index in [1.807, 2.05) is 6.92 Å². The van der Waals surface area contributed by atoms with Gasteiger partial charge < -0.3 is 5.11 Å². The highest BCUT2D eigenvalue weighted by molar-refractivity contribution is 7.90. The molecule has 0 unspecified atom stereocenters. The molecular weight excluding hydrogens is 313 g/mol. The van der Waals surface area contributed by atoms with Crippen molar-refractivity contribution >= 4 is 21.2 Å². The first-order valence-corrected chi connectivity index (χ1v) is 8.96. The van der Waals surface area contributed by atoms with E-state index in [0.29, 0.717) is 18.4 Å². The number of aliphatic hydroxyl groups excluding tert-OH is 1. The summed E-state index contributed by atoms with van der Waals surface area (Å²) in [5.74, 6) is -0.756. The molecule has 21 heavy (non-hydrogen) atoms. The summed E-state index contributed by atoms with van der Waals surface area (Å²) in [5.41, 5.74) is 1.37. The maximum Gasteiger partial charge on any atom is 0.178 e. The highest BCUT2D eigenvalue weighted by atomic mass is 32.2. The lowest BCUT2D eigenvalue weighted by atomic mass is 10.1. The Hall–Kier alpha value is -1.31. The molecule has 0 saturated heterocycles. The Kier molecular flexibility index (Phi) is 4.75. The van der Waals surface area contributed by atoms with E-state index < -0.39 is 15.7 Å². The zero-order chi connectivity index (χ0) is 15.6. The molecule has 0 spiro atoms. The Morgan fingerprint density at radius 1 is 1.43 bits per heavy atom. The molecule has 0 aliphatic heterocycles. The quantitative estimate of drug-likeness (QED) is 0.915. The lowest BCUT2D eigenvalue weighted by Crippen LogP contribution is -2.00. The summed E-state index contributed by atoms with van der Waals surface area (Å²) < 4.78 is 36.8. The third-order valence-electron chi connectivity index (χ3n) is 2.92. The minimum Gasteiger partial charge on any atom is -0.390 e. The van der Waals surface area contributed by atoms with E-state index in [1.165, 1.54) is 23.5 Å². The molecule has 1 N–H and O–H groups in total. The number of hydrogen-bond acceptors (Lipinski definition) is 5. The van der Waals surface area contributed by atoms with Crippen molar-refractivity contribution in [3.8, 4) is 10.4 Å². The van der Waals surface area contributed by atoms with E-state index >= 15 is 0 Å². The number of thiazole rings is 1. The van der Waals surface area contributed by atoms with Crippen LogP contribution in [0, 0.1) is 19.3 Å². The van der Waals surface area contributed by atoms with Crippen LogP contribution in [0.5, 0.6) is 0 Å². The van der Waals surface area contributed by atoms with Crippen LogP contribution in [0.2, 0.25) is 0 Å².